The summed E-state index contributed by atoms with van der Waals surface area (Å²) in [4.78, 5) is 28.5. The summed E-state index contributed by atoms with van der Waals surface area (Å²) in [5.74, 6) is -0.169. The van der Waals surface area contributed by atoms with Crippen LogP contribution in [0.5, 0.6) is 0 Å². The van der Waals surface area contributed by atoms with Crippen molar-refractivity contribution in [1.82, 2.24) is 4.90 Å². The van der Waals surface area contributed by atoms with Gasteiger partial charge in [0.2, 0.25) is 0 Å². The zero-order valence-electron chi connectivity index (χ0n) is 19.6. The summed E-state index contributed by atoms with van der Waals surface area (Å²) in [7, 11) is 1.38. The molecule has 1 fully saturated rings. The van der Waals surface area contributed by atoms with E-state index in [1.807, 2.05) is 0 Å². The van der Waals surface area contributed by atoms with Gasteiger partial charge in [-0.15, -0.1) is 0 Å². The van der Waals surface area contributed by atoms with Crippen molar-refractivity contribution in [3.8, 4) is 6.07 Å². The highest BCUT2D eigenvalue weighted by molar-refractivity contribution is 6.30. The molecular formula is C26H25ClF3N3O3. The molecule has 6 nitrogen and oxygen atoms in total. The normalized spacial score (nSPS) is 20.1. The second kappa shape index (κ2) is 10.4. The molecule has 2 aromatic rings. The first kappa shape index (κ1) is 25.8. The highest BCUT2D eigenvalue weighted by Gasteiger charge is 2.37. The first-order valence-corrected chi connectivity index (χ1v) is 12.0. The Labute approximate surface area is 212 Å². The minimum Gasteiger partial charge on any atom is -0.469 e. The maximum atomic E-state index is 13.6. The number of carbonyl (C=O) groups excluding carboxylic acids is 2. The van der Waals surface area contributed by atoms with Gasteiger partial charge in [0.15, 0.2) is 0 Å². The molecule has 0 aromatic heterocycles. The molecule has 1 aliphatic heterocycles. The largest absolute Gasteiger partial charge is 0.469 e. The summed E-state index contributed by atoms with van der Waals surface area (Å²) in [5.41, 5.74) is -0.0803. The van der Waals surface area contributed by atoms with Crippen LogP contribution in [0.4, 0.5) is 23.7 Å². The summed E-state index contributed by atoms with van der Waals surface area (Å²) in [6, 6.07) is 9.92. The highest BCUT2D eigenvalue weighted by atomic mass is 35.5. The van der Waals surface area contributed by atoms with Crippen molar-refractivity contribution >= 4 is 29.3 Å². The minimum absolute atomic E-state index is 0.113. The van der Waals surface area contributed by atoms with Gasteiger partial charge in [-0.25, -0.2) is 4.79 Å². The van der Waals surface area contributed by atoms with Gasteiger partial charge in [0.25, 0.3) is 0 Å². The Morgan fingerprint density at radius 3 is 2.56 bits per heavy atom. The van der Waals surface area contributed by atoms with Crippen LogP contribution in [0.15, 0.2) is 36.4 Å². The molecule has 0 unspecified atom stereocenters. The molecule has 10 heteroatoms. The summed E-state index contributed by atoms with van der Waals surface area (Å²) < 4.78 is 45.3. The Kier molecular flexibility index (Phi) is 7.46. The molecule has 0 spiro atoms. The number of alkyl halides is 3. The standard InChI is InChI=1S/C26H25ClF3N3O3/c1-36-24(34)17-7-5-16(6-8-17)13-32-14-19-11-20(27)9-10-23(19)33(25(32)35)15-18-3-2-4-22(21(18)12-31)26(28,29)30/h2-4,9-11,16-17H,5-8,13-15H2,1H3/t16-,17-. The molecule has 4 rings (SSSR count). The third-order valence-corrected chi connectivity index (χ3v) is 7.19. The number of fused-ring (bicyclic) bond motifs is 1. The number of amides is 2. The smallest absolute Gasteiger partial charge is 0.417 e. The second-order valence-corrected chi connectivity index (χ2v) is 9.65. The van der Waals surface area contributed by atoms with Crippen molar-refractivity contribution in [3.05, 3.63) is 63.7 Å². The number of ether oxygens (including phenoxy) is 1. The maximum Gasteiger partial charge on any atom is 0.417 e. The molecule has 2 aliphatic rings. The van der Waals surface area contributed by atoms with Crippen molar-refractivity contribution in [1.29, 1.82) is 5.26 Å². The van der Waals surface area contributed by atoms with Crippen molar-refractivity contribution in [2.75, 3.05) is 18.6 Å². The monoisotopic (exact) mass is 519 g/mol. The summed E-state index contributed by atoms with van der Waals surface area (Å²) in [6.45, 7) is 0.574. The Balaban J connectivity index is 1.60. The Morgan fingerprint density at radius 1 is 1.19 bits per heavy atom. The third-order valence-electron chi connectivity index (χ3n) is 6.95. The minimum atomic E-state index is -4.69. The Morgan fingerprint density at radius 2 is 1.92 bits per heavy atom. The average Bonchev–Trinajstić information content (AvgIpc) is 2.85. The van der Waals surface area contributed by atoms with Crippen LogP contribution >= 0.6 is 11.6 Å². The highest BCUT2D eigenvalue weighted by Crippen LogP contribution is 2.37. The van der Waals surface area contributed by atoms with E-state index in [1.54, 1.807) is 29.2 Å². The predicted molar refractivity (Wildman–Crippen MR) is 127 cm³/mol. The van der Waals surface area contributed by atoms with Crippen molar-refractivity contribution in [2.45, 2.75) is 44.9 Å². The van der Waals surface area contributed by atoms with Gasteiger partial charge in [0, 0.05) is 18.1 Å². The van der Waals surface area contributed by atoms with E-state index >= 15 is 0 Å². The van der Waals surface area contributed by atoms with Crippen LogP contribution in [0.1, 0.15) is 47.9 Å². The average molecular weight is 520 g/mol. The van der Waals surface area contributed by atoms with Crippen LogP contribution in [-0.2, 0) is 28.8 Å². The molecule has 1 saturated carbocycles. The number of nitrogens with zero attached hydrogens (tertiary/aromatic N) is 3. The molecule has 190 valence electrons. The van der Waals surface area contributed by atoms with E-state index in [-0.39, 0.29) is 35.9 Å². The molecule has 0 radical (unpaired) electrons. The molecule has 36 heavy (non-hydrogen) atoms. The van der Waals surface area contributed by atoms with Crippen molar-refractivity contribution in [2.24, 2.45) is 11.8 Å². The van der Waals surface area contributed by atoms with E-state index < -0.39 is 17.3 Å². The lowest BCUT2D eigenvalue weighted by molar-refractivity contribution is -0.146. The molecule has 0 atom stereocenters. The number of esters is 1. The maximum absolute atomic E-state index is 13.6. The van der Waals surface area contributed by atoms with Gasteiger partial charge in [-0.05, 0) is 67.0 Å². The summed E-state index contributed by atoms with van der Waals surface area (Å²) in [5, 5.41) is 10.0. The lowest BCUT2D eigenvalue weighted by Gasteiger charge is -2.40. The van der Waals surface area contributed by atoms with Crippen LogP contribution in [0.3, 0.4) is 0 Å². The Bertz CT molecular complexity index is 1200. The number of carbonyl (C=O) groups is 2. The molecule has 0 bridgehead atoms. The zero-order valence-corrected chi connectivity index (χ0v) is 20.4. The van der Waals surface area contributed by atoms with Gasteiger partial charge < -0.3 is 9.64 Å². The molecule has 0 N–H and O–H groups in total. The van der Waals surface area contributed by atoms with Gasteiger partial charge in [-0.1, -0.05) is 23.7 Å². The first-order chi connectivity index (χ1) is 17.1. The van der Waals surface area contributed by atoms with Gasteiger partial charge in [0.1, 0.15) is 6.07 Å². The van der Waals surface area contributed by atoms with Crippen LogP contribution in [-0.4, -0.2) is 30.6 Å². The van der Waals surface area contributed by atoms with E-state index in [1.165, 1.54) is 24.1 Å². The number of hydrogen-bond donors (Lipinski definition) is 0. The quantitative estimate of drug-likeness (QED) is 0.444. The van der Waals surface area contributed by atoms with Crippen LogP contribution < -0.4 is 4.90 Å². The van der Waals surface area contributed by atoms with Gasteiger partial charge in [-0.2, -0.15) is 18.4 Å². The predicted octanol–water partition coefficient (Wildman–Crippen LogP) is 6.15. The van der Waals surface area contributed by atoms with E-state index in [4.69, 9.17) is 16.3 Å². The molecular weight excluding hydrogens is 495 g/mol. The lowest BCUT2D eigenvalue weighted by Crippen LogP contribution is -2.48. The van der Waals surface area contributed by atoms with Crippen LogP contribution in [0.2, 0.25) is 5.02 Å². The number of benzene rings is 2. The van der Waals surface area contributed by atoms with E-state index in [9.17, 15) is 28.0 Å². The SMILES string of the molecule is COC(=O)[C@H]1CC[C@H](CN2Cc3cc(Cl)ccc3N(Cc3cccc(C(F)(F)F)c3C#N)C2=O)CC1. The second-order valence-electron chi connectivity index (χ2n) is 9.21. The summed E-state index contributed by atoms with van der Waals surface area (Å²) in [6.07, 6.45) is -1.80. The molecule has 1 heterocycles. The number of halogens is 4. The van der Waals surface area contributed by atoms with Gasteiger partial charge in [0.05, 0.1) is 36.4 Å². The molecule has 2 aromatic carbocycles. The van der Waals surface area contributed by atoms with Gasteiger partial charge >= 0.3 is 18.2 Å². The van der Waals surface area contributed by atoms with Crippen molar-refractivity contribution < 1.29 is 27.5 Å². The number of methoxy groups -OCH3 is 1. The molecule has 0 saturated heterocycles. The number of urea groups is 1. The lowest BCUT2D eigenvalue weighted by atomic mass is 9.81. The Hall–Kier alpha value is -3.25. The van der Waals surface area contributed by atoms with E-state index in [2.05, 4.69) is 0 Å². The fourth-order valence-corrected chi connectivity index (χ4v) is 5.31. The van der Waals surface area contributed by atoms with E-state index in [0.717, 1.165) is 24.5 Å². The third kappa shape index (κ3) is 5.29. The summed E-state index contributed by atoms with van der Waals surface area (Å²) >= 11 is 6.20. The van der Waals surface area contributed by atoms with Crippen LogP contribution in [0.25, 0.3) is 0 Å². The topological polar surface area (TPSA) is 73.6 Å². The fourth-order valence-electron chi connectivity index (χ4n) is 5.12. The van der Waals surface area contributed by atoms with Gasteiger partial charge in [-0.3, -0.25) is 9.69 Å². The van der Waals surface area contributed by atoms with Crippen molar-refractivity contribution in [3.63, 3.8) is 0 Å². The molecule has 2 amide bonds. The first-order valence-electron chi connectivity index (χ1n) is 11.6. The molecule has 1 aliphatic carbocycles. The number of anilines is 1. The zero-order chi connectivity index (χ0) is 26.0. The number of rotatable bonds is 5. The van der Waals surface area contributed by atoms with E-state index in [0.29, 0.717) is 36.6 Å². The van der Waals surface area contributed by atoms with Crippen LogP contribution in [0, 0.1) is 23.2 Å². The number of nitriles is 1. The number of hydrogen-bond acceptors (Lipinski definition) is 4. The fraction of sp³-hybridized carbons (Fsp3) is 0.423.